The number of hydrogen-bond donors (Lipinski definition) is 1. The van der Waals surface area contributed by atoms with Gasteiger partial charge in [0.15, 0.2) is 19.4 Å². The molecule has 0 saturated carbocycles. The largest absolute Gasteiger partial charge is 0.496 e. The number of ether oxygens (including phenoxy) is 7. The van der Waals surface area contributed by atoms with Gasteiger partial charge in [0.05, 0.1) is 33.5 Å². The van der Waals surface area contributed by atoms with Gasteiger partial charge in [0.2, 0.25) is 0 Å². The molecule has 4 aromatic rings. The summed E-state index contributed by atoms with van der Waals surface area (Å²) in [5, 5.41) is 13.8. The summed E-state index contributed by atoms with van der Waals surface area (Å²) in [6.07, 6.45) is -1.25. The first kappa shape index (κ1) is 38.8. The summed E-state index contributed by atoms with van der Waals surface area (Å²) in [4.78, 5) is 2.32. The molecule has 0 radical (unpaired) electrons. The van der Waals surface area contributed by atoms with E-state index in [1.54, 1.807) is 14.2 Å². The lowest BCUT2D eigenvalue weighted by Gasteiger charge is -2.38. The molecule has 0 bridgehead atoms. The first-order valence-electron chi connectivity index (χ1n) is 18.4. The summed E-state index contributed by atoms with van der Waals surface area (Å²) < 4.78 is 42.6. The van der Waals surface area contributed by atoms with Crippen molar-refractivity contribution < 1.29 is 38.3 Å². The molecule has 1 unspecified atom stereocenters. The molecule has 0 spiro atoms. The van der Waals surface area contributed by atoms with E-state index in [0.29, 0.717) is 61.2 Å². The zero-order chi connectivity index (χ0) is 37.8. The Labute approximate surface area is 314 Å². The van der Waals surface area contributed by atoms with Crippen LogP contribution in [0.4, 0.5) is 5.69 Å². The Morgan fingerprint density at radius 3 is 1.79 bits per heavy atom. The van der Waals surface area contributed by atoms with Crippen LogP contribution in [0.5, 0.6) is 11.5 Å². The van der Waals surface area contributed by atoms with Gasteiger partial charge in [-0.25, -0.2) is 0 Å². The third-order valence-electron chi connectivity index (χ3n) is 9.80. The molecular weight excluding hydrogens is 670 g/mol. The van der Waals surface area contributed by atoms with Crippen molar-refractivity contribution in [1.82, 2.24) is 0 Å². The van der Waals surface area contributed by atoms with Crippen molar-refractivity contribution in [3.05, 3.63) is 124 Å². The predicted octanol–water partition coefficient (Wildman–Crippen LogP) is 8.52. The van der Waals surface area contributed by atoms with Gasteiger partial charge >= 0.3 is 0 Å². The monoisotopic (exact) mass is 725 g/mol. The van der Waals surface area contributed by atoms with Crippen LogP contribution in [0, 0.1) is 10.8 Å². The van der Waals surface area contributed by atoms with Gasteiger partial charge in [-0.2, -0.15) is 0 Å². The van der Waals surface area contributed by atoms with Crippen molar-refractivity contribution >= 4 is 5.69 Å². The zero-order valence-electron chi connectivity index (χ0n) is 32.4. The summed E-state index contributed by atoms with van der Waals surface area (Å²) >= 11 is 0. The Kier molecular flexibility index (Phi) is 11.8. The number of hydrogen-bond acceptors (Lipinski definition) is 9. The molecule has 284 valence electrons. The zero-order valence-corrected chi connectivity index (χ0v) is 32.4. The van der Waals surface area contributed by atoms with E-state index in [0.717, 1.165) is 16.8 Å². The molecule has 2 saturated heterocycles. The summed E-state index contributed by atoms with van der Waals surface area (Å²) in [6, 6.07) is 30.0. The van der Waals surface area contributed by atoms with Crippen molar-refractivity contribution in [2.24, 2.45) is 10.8 Å². The van der Waals surface area contributed by atoms with Gasteiger partial charge in [0.25, 0.3) is 0 Å². The normalized spacial score (nSPS) is 18.8. The molecule has 4 aromatic carbocycles. The van der Waals surface area contributed by atoms with Gasteiger partial charge in [-0.1, -0.05) is 82.3 Å². The van der Waals surface area contributed by atoms with E-state index in [1.165, 1.54) is 5.56 Å². The van der Waals surface area contributed by atoms with Crippen LogP contribution in [0.1, 0.15) is 87.5 Å². The quantitative estimate of drug-likeness (QED) is 0.108. The summed E-state index contributed by atoms with van der Waals surface area (Å²) in [6.45, 7) is 15.6. The minimum absolute atomic E-state index is 0.0258. The highest BCUT2D eigenvalue weighted by Gasteiger charge is 2.42. The molecule has 1 N–H and O–H groups in total. The third-order valence-corrected chi connectivity index (χ3v) is 9.80. The maximum absolute atomic E-state index is 13.8. The summed E-state index contributed by atoms with van der Waals surface area (Å²) in [5.41, 5.74) is 3.18. The Hall–Kier alpha value is -3.96. The fourth-order valence-electron chi connectivity index (χ4n) is 6.87. The van der Waals surface area contributed by atoms with Crippen LogP contribution in [-0.2, 0) is 35.8 Å². The van der Waals surface area contributed by atoms with Gasteiger partial charge in [-0.05, 0) is 61.4 Å². The SMILES string of the molecule is COCOc1ccc(C2OCC(C)(C)CO2)cc1C(O)(c1cccc(N(Cc2ccccc2)C(C)C)c1)c1cc(C2OCC(C)(C)CO2)ccc1OC. The van der Waals surface area contributed by atoms with Gasteiger partial charge < -0.3 is 43.2 Å². The highest BCUT2D eigenvalue weighted by atomic mass is 16.7. The van der Waals surface area contributed by atoms with E-state index < -0.39 is 18.2 Å². The molecule has 53 heavy (non-hydrogen) atoms. The van der Waals surface area contributed by atoms with Crippen LogP contribution in [0.25, 0.3) is 0 Å². The minimum Gasteiger partial charge on any atom is -0.496 e. The average molecular weight is 726 g/mol. The molecule has 2 heterocycles. The van der Waals surface area contributed by atoms with Crippen molar-refractivity contribution in [3.63, 3.8) is 0 Å². The van der Waals surface area contributed by atoms with Crippen molar-refractivity contribution in [2.45, 2.75) is 72.3 Å². The second kappa shape index (κ2) is 16.2. The van der Waals surface area contributed by atoms with Gasteiger partial charge in [-0.15, -0.1) is 0 Å². The lowest BCUT2D eigenvalue weighted by molar-refractivity contribution is -0.226. The van der Waals surface area contributed by atoms with E-state index in [4.69, 9.17) is 33.2 Å². The number of methoxy groups -OCH3 is 2. The topological polar surface area (TPSA) is 88.1 Å². The van der Waals surface area contributed by atoms with Crippen LogP contribution in [0.2, 0.25) is 0 Å². The number of anilines is 1. The number of nitrogens with zero attached hydrogens (tertiary/aromatic N) is 1. The highest BCUT2D eigenvalue weighted by molar-refractivity contribution is 5.61. The minimum atomic E-state index is -1.83. The maximum atomic E-state index is 13.8. The Morgan fingerprint density at radius 2 is 1.26 bits per heavy atom. The van der Waals surface area contributed by atoms with Crippen LogP contribution in [-0.4, -0.2) is 58.6 Å². The Bertz CT molecular complexity index is 1810. The lowest BCUT2D eigenvalue weighted by Crippen LogP contribution is -2.35. The molecular formula is C44H55NO8. The van der Waals surface area contributed by atoms with Gasteiger partial charge in [0.1, 0.15) is 17.1 Å². The van der Waals surface area contributed by atoms with E-state index in [1.807, 2.05) is 60.7 Å². The third kappa shape index (κ3) is 8.72. The van der Waals surface area contributed by atoms with Crippen LogP contribution in [0.3, 0.4) is 0 Å². The molecule has 2 aliphatic heterocycles. The lowest BCUT2D eigenvalue weighted by atomic mass is 9.78. The molecule has 9 heteroatoms. The number of aliphatic hydroxyl groups is 1. The second-order valence-corrected chi connectivity index (χ2v) is 16.0. The summed E-state index contributed by atoms with van der Waals surface area (Å²) in [7, 11) is 3.18. The Morgan fingerprint density at radius 1 is 0.717 bits per heavy atom. The van der Waals surface area contributed by atoms with E-state index in [-0.39, 0.29) is 23.7 Å². The highest BCUT2D eigenvalue weighted by Crippen LogP contribution is 2.48. The van der Waals surface area contributed by atoms with Crippen molar-refractivity contribution in [1.29, 1.82) is 0 Å². The average Bonchev–Trinajstić information content (AvgIpc) is 3.16. The fourth-order valence-corrected chi connectivity index (χ4v) is 6.87. The molecule has 9 nitrogen and oxygen atoms in total. The van der Waals surface area contributed by atoms with Gasteiger partial charge in [-0.3, -0.25) is 0 Å². The van der Waals surface area contributed by atoms with Crippen LogP contribution < -0.4 is 14.4 Å². The standard InChI is InChI=1S/C44H55NO8/c1-30(2)45(24-31-13-10-9-11-14-31)35-16-12-15-34(23-35)44(46,36-21-32(17-19-38(36)48-8)40-49-25-42(3,4)26-50-40)37-22-33(18-20-39(37)53-29-47-7)41-51-27-43(5,6)28-52-41/h9-23,30,40-41,46H,24-29H2,1-8H3. The molecule has 6 rings (SSSR count). The van der Waals surface area contributed by atoms with Crippen LogP contribution >= 0.6 is 0 Å². The molecule has 0 aromatic heterocycles. The van der Waals surface area contributed by atoms with E-state index in [9.17, 15) is 5.11 Å². The molecule has 1 atom stereocenters. The van der Waals surface area contributed by atoms with Gasteiger partial charge in [0, 0.05) is 58.5 Å². The van der Waals surface area contributed by atoms with E-state index >= 15 is 0 Å². The predicted molar refractivity (Wildman–Crippen MR) is 205 cm³/mol. The number of benzene rings is 4. The molecule has 0 aliphatic carbocycles. The van der Waals surface area contributed by atoms with Crippen molar-refractivity contribution in [2.75, 3.05) is 52.3 Å². The number of rotatable bonds is 13. The maximum Gasteiger partial charge on any atom is 0.188 e. The van der Waals surface area contributed by atoms with Crippen molar-refractivity contribution in [3.8, 4) is 11.5 Å². The van der Waals surface area contributed by atoms with Crippen LogP contribution in [0.15, 0.2) is 91.0 Å². The first-order chi connectivity index (χ1) is 25.3. The van der Waals surface area contributed by atoms with E-state index in [2.05, 4.69) is 76.8 Å². The molecule has 0 amide bonds. The smallest absolute Gasteiger partial charge is 0.188 e. The fraction of sp³-hybridized carbons (Fsp3) is 0.455. The Balaban J connectivity index is 1.55. The molecule has 2 fully saturated rings. The first-order valence-corrected chi connectivity index (χ1v) is 18.4. The molecule has 2 aliphatic rings. The second-order valence-electron chi connectivity index (χ2n) is 16.0. The summed E-state index contributed by atoms with van der Waals surface area (Å²) in [5.74, 6) is 0.918.